The Labute approximate surface area is 139 Å². The van der Waals surface area contributed by atoms with Crippen molar-refractivity contribution in [2.24, 2.45) is 0 Å². The fourth-order valence-electron chi connectivity index (χ4n) is 1.79. The van der Waals surface area contributed by atoms with Crippen LogP contribution in [0.25, 0.3) is 0 Å². The van der Waals surface area contributed by atoms with Gasteiger partial charge in [0.05, 0.1) is 22.0 Å². The smallest absolute Gasteiger partial charge is 0.306 e. The van der Waals surface area contributed by atoms with E-state index in [4.69, 9.17) is 39.5 Å². The van der Waals surface area contributed by atoms with E-state index in [1.54, 1.807) is 32.9 Å². The summed E-state index contributed by atoms with van der Waals surface area (Å²) in [5.74, 6) is -0.978. The fraction of sp³-hybridized carbons (Fsp3) is 0.467. The maximum Gasteiger partial charge on any atom is 0.306 e. The molecule has 0 fully saturated rings. The number of hydrogen-bond acceptors (Lipinski definition) is 3. The first-order chi connectivity index (χ1) is 9.65. The van der Waals surface area contributed by atoms with Gasteiger partial charge in [-0.2, -0.15) is 5.26 Å². The van der Waals surface area contributed by atoms with Gasteiger partial charge in [0.25, 0.3) is 0 Å². The third-order valence-electron chi connectivity index (χ3n) is 2.64. The summed E-state index contributed by atoms with van der Waals surface area (Å²) in [7, 11) is 0. The van der Waals surface area contributed by atoms with Crippen LogP contribution in [-0.2, 0) is 9.53 Å². The highest BCUT2D eigenvalue weighted by Gasteiger charge is 2.22. The quantitative estimate of drug-likeness (QED) is 0.542. The molecule has 6 heteroatoms. The highest BCUT2D eigenvalue weighted by Crippen LogP contribution is 2.38. The number of ether oxygens (including phenoxy) is 1. The van der Waals surface area contributed by atoms with Crippen LogP contribution in [0, 0.1) is 11.3 Å². The fourth-order valence-corrected chi connectivity index (χ4v) is 2.59. The molecular formula is C15H16Cl3NO2. The molecule has 0 spiro atoms. The number of esters is 1. The Bertz CT molecular complexity index is 574. The van der Waals surface area contributed by atoms with E-state index < -0.39 is 11.5 Å². The van der Waals surface area contributed by atoms with Crippen molar-refractivity contribution in [1.29, 1.82) is 5.26 Å². The van der Waals surface area contributed by atoms with Crippen LogP contribution in [0.5, 0.6) is 0 Å². The lowest BCUT2D eigenvalue weighted by atomic mass is 9.95. The Hall–Kier alpha value is -0.950. The molecule has 1 aromatic carbocycles. The minimum Gasteiger partial charge on any atom is -0.460 e. The van der Waals surface area contributed by atoms with E-state index in [2.05, 4.69) is 6.07 Å². The molecule has 1 atom stereocenters. The number of halogens is 3. The molecular weight excluding hydrogens is 333 g/mol. The molecule has 3 nitrogen and oxygen atoms in total. The average molecular weight is 349 g/mol. The van der Waals surface area contributed by atoms with Gasteiger partial charge >= 0.3 is 5.97 Å². The topological polar surface area (TPSA) is 50.1 Å². The van der Waals surface area contributed by atoms with Crippen LogP contribution in [0.3, 0.4) is 0 Å². The minimum atomic E-state index is -0.615. The first kappa shape index (κ1) is 18.1. The minimum absolute atomic E-state index is 0.106. The predicted molar refractivity (Wildman–Crippen MR) is 84.9 cm³/mol. The van der Waals surface area contributed by atoms with E-state index in [0.29, 0.717) is 15.6 Å². The van der Waals surface area contributed by atoms with Gasteiger partial charge in [-0.3, -0.25) is 4.79 Å². The molecule has 1 rings (SSSR count). The van der Waals surface area contributed by atoms with Crippen LogP contribution < -0.4 is 0 Å². The maximum atomic E-state index is 11.7. The third-order valence-corrected chi connectivity index (χ3v) is 3.79. The van der Waals surface area contributed by atoms with Crippen molar-refractivity contribution in [3.63, 3.8) is 0 Å². The maximum absolute atomic E-state index is 11.7. The van der Waals surface area contributed by atoms with Gasteiger partial charge in [-0.25, -0.2) is 0 Å². The summed E-state index contributed by atoms with van der Waals surface area (Å²) in [6, 6.07) is 5.26. The molecule has 0 saturated carbocycles. The third kappa shape index (κ3) is 5.39. The summed E-state index contributed by atoms with van der Waals surface area (Å²) in [6.07, 6.45) is 0.375. The SMILES string of the molecule is CC(C)(C)OC(=O)CCC(C#N)c1c(Cl)ccc(Cl)c1Cl. The van der Waals surface area contributed by atoms with E-state index >= 15 is 0 Å². The molecule has 0 aromatic heterocycles. The van der Waals surface area contributed by atoms with Gasteiger partial charge in [0.15, 0.2) is 0 Å². The lowest BCUT2D eigenvalue weighted by Crippen LogP contribution is -2.24. The van der Waals surface area contributed by atoms with Crippen molar-refractivity contribution >= 4 is 40.8 Å². The molecule has 1 unspecified atom stereocenters. The van der Waals surface area contributed by atoms with Gasteiger partial charge in [0.1, 0.15) is 5.60 Å². The highest BCUT2D eigenvalue weighted by atomic mass is 35.5. The van der Waals surface area contributed by atoms with Crippen LogP contribution in [0.15, 0.2) is 12.1 Å². The van der Waals surface area contributed by atoms with Gasteiger partial charge in [-0.1, -0.05) is 34.8 Å². The number of carbonyl (C=O) groups excluding carboxylic acids is 1. The molecule has 21 heavy (non-hydrogen) atoms. The van der Waals surface area contributed by atoms with E-state index in [-0.39, 0.29) is 23.8 Å². The van der Waals surface area contributed by atoms with Crippen molar-refractivity contribution in [1.82, 2.24) is 0 Å². The van der Waals surface area contributed by atoms with Crippen molar-refractivity contribution in [2.45, 2.75) is 45.1 Å². The highest BCUT2D eigenvalue weighted by molar-refractivity contribution is 6.44. The van der Waals surface area contributed by atoms with Crippen LogP contribution >= 0.6 is 34.8 Å². The standard InChI is InChI=1S/C15H16Cl3NO2/c1-15(2,3)21-12(20)7-4-9(8-19)13-10(16)5-6-11(17)14(13)18/h5-6,9H,4,7H2,1-3H3. The molecule has 0 bridgehead atoms. The summed E-state index contributed by atoms with van der Waals surface area (Å²) < 4.78 is 5.21. The first-order valence-corrected chi connectivity index (χ1v) is 7.54. The number of carbonyl (C=O) groups is 1. The van der Waals surface area contributed by atoms with Gasteiger partial charge in [-0.15, -0.1) is 0 Å². The summed E-state index contributed by atoms with van der Waals surface area (Å²) in [6.45, 7) is 5.37. The van der Waals surface area contributed by atoms with Gasteiger partial charge in [0.2, 0.25) is 0 Å². The average Bonchev–Trinajstić information content (AvgIpc) is 2.36. The number of nitrogens with zero attached hydrogens (tertiary/aromatic N) is 1. The summed E-state index contributed by atoms with van der Waals surface area (Å²) in [4.78, 5) is 11.7. The summed E-state index contributed by atoms with van der Waals surface area (Å²) >= 11 is 18.1. The Kier molecular flexibility index (Phi) is 6.34. The zero-order valence-electron chi connectivity index (χ0n) is 12.0. The van der Waals surface area contributed by atoms with Crippen molar-refractivity contribution < 1.29 is 9.53 Å². The van der Waals surface area contributed by atoms with Crippen molar-refractivity contribution in [3.05, 3.63) is 32.8 Å². The van der Waals surface area contributed by atoms with Crippen molar-refractivity contribution in [2.75, 3.05) is 0 Å². The van der Waals surface area contributed by atoms with Crippen LogP contribution in [0.1, 0.15) is 45.1 Å². The summed E-state index contributed by atoms with van der Waals surface area (Å²) in [5, 5.41) is 10.2. The van der Waals surface area contributed by atoms with E-state index in [0.717, 1.165) is 0 Å². The number of benzene rings is 1. The zero-order chi connectivity index (χ0) is 16.2. The van der Waals surface area contributed by atoms with Gasteiger partial charge in [-0.05, 0) is 39.3 Å². The van der Waals surface area contributed by atoms with Gasteiger partial charge < -0.3 is 4.74 Å². The van der Waals surface area contributed by atoms with Crippen molar-refractivity contribution in [3.8, 4) is 6.07 Å². The molecule has 0 N–H and O–H groups in total. The molecule has 0 aliphatic rings. The lowest BCUT2D eigenvalue weighted by Gasteiger charge is -2.20. The molecule has 1 aromatic rings. The normalized spacial score (nSPS) is 12.6. The zero-order valence-corrected chi connectivity index (χ0v) is 14.3. The second-order valence-electron chi connectivity index (χ2n) is 5.56. The number of rotatable bonds is 4. The van der Waals surface area contributed by atoms with E-state index in [9.17, 15) is 10.1 Å². The molecule has 114 valence electrons. The molecule has 0 radical (unpaired) electrons. The Morgan fingerprint density at radius 1 is 1.29 bits per heavy atom. The first-order valence-electron chi connectivity index (χ1n) is 6.40. The molecule has 0 heterocycles. The van der Waals surface area contributed by atoms with E-state index in [1.165, 1.54) is 0 Å². The number of nitriles is 1. The van der Waals surface area contributed by atoms with E-state index in [1.807, 2.05) is 0 Å². The monoisotopic (exact) mass is 347 g/mol. The van der Waals surface area contributed by atoms with Crippen LogP contribution in [0.4, 0.5) is 0 Å². The van der Waals surface area contributed by atoms with Crippen LogP contribution in [0.2, 0.25) is 15.1 Å². The second-order valence-corrected chi connectivity index (χ2v) is 6.76. The molecule has 0 amide bonds. The Morgan fingerprint density at radius 3 is 2.38 bits per heavy atom. The lowest BCUT2D eigenvalue weighted by molar-refractivity contribution is -0.154. The summed E-state index contributed by atoms with van der Waals surface area (Å²) in [5.41, 5.74) is -0.0956. The molecule has 0 aliphatic carbocycles. The van der Waals surface area contributed by atoms with Crippen LogP contribution in [-0.4, -0.2) is 11.6 Å². The number of hydrogen-bond donors (Lipinski definition) is 0. The largest absolute Gasteiger partial charge is 0.460 e. The predicted octanol–water partition coefficient (Wildman–Crippen LogP) is 5.38. The second kappa shape index (κ2) is 7.35. The Balaban J connectivity index is 2.85. The molecule has 0 saturated heterocycles. The Morgan fingerprint density at radius 2 is 1.86 bits per heavy atom. The van der Waals surface area contributed by atoms with Gasteiger partial charge in [0, 0.05) is 17.0 Å². The molecule has 0 aliphatic heterocycles.